The minimum atomic E-state index is 0.177. The van der Waals surface area contributed by atoms with Gasteiger partial charge in [-0.25, -0.2) is 0 Å². The third kappa shape index (κ3) is 3.64. The molecule has 0 radical (unpaired) electrons. The number of benzene rings is 1. The molecule has 0 bridgehead atoms. The monoisotopic (exact) mass is 273 g/mol. The third-order valence-corrected chi connectivity index (χ3v) is 3.29. The standard InChI is InChI=1S/C17H23NO2/c1-12(2)20-16-8-6-5-7-15(16)14(4)18-11-17-13(3)9-10-19-17/h5-10,12,14,18H,11H2,1-4H3. The Balaban J connectivity index is 2.05. The van der Waals surface area contributed by atoms with E-state index in [1.54, 1.807) is 6.26 Å². The van der Waals surface area contributed by atoms with Gasteiger partial charge in [-0.3, -0.25) is 0 Å². The van der Waals surface area contributed by atoms with Gasteiger partial charge < -0.3 is 14.5 Å². The number of nitrogens with one attached hydrogen (secondary N) is 1. The van der Waals surface area contributed by atoms with Crippen molar-refractivity contribution in [2.45, 2.75) is 46.4 Å². The van der Waals surface area contributed by atoms with E-state index >= 15 is 0 Å². The number of furan rings is 1. The lowest BCUT2D eigenvalue weighted by Gasteiger charge is -2.19. The molecule has 0 aliphatic heterocycles. The molecule has 20 heavy (non-hydrogen) atoms. The van der Waals surface area contributed by atoms with Crippen LogP contribution in [-0.4, -0.2) is 6.10 Å². The first-order valence-corrected chi connectivity index (χ1v) is 7.10. The maximum atomic E-state index is 5.86. The molecule has 2 rings (SSSR count). The highest BCUT2D eigenvalue weighted by Gasteiger charge is 2.13. The lowest BCUT2D eigenvalue weighted by Crippen LogP contribution is -2.19. The van der Waals surface area contributed by atoms with E-state index in [0.717, 1.165) is 18.1 Å². The normalized spacial score (nSPS) is 12.7. The van der Waals surface area contributed by atoms with Crippen molar-refractivity contribution in [3.05, 3.63) is 53.5 Å². The fourth-order valence-corrected chi connectivity index (χ4v) is 2.14. The third-order valence-electron chi connectivity index (χ3n) is 3.29. The van der Waals surface area contributed by atoms with Crippen LogP contribution in [0.4, 0.5) is 0 Å². The minimum absolute atomic E-state index is 0.177. The molecule has 2 aromatic rings. The predicted molar refractivity (Wildman–Crippen MR) is 80.9 cm³/mol. The Morgan fingerprint density at radius 1 is 1.15 bits per heavy atom. The van der Waals surface area contributed by atoms with Crippen molar-refractivity contribution in [2.75, 3.05) is 0 Å². The first-order chi connectivity index (χ1) is 9.58. The maximum Gasteiger partial charge on any atom is 0.124 e. The summed E-state index contributed by atoms with van der Waals surface area (Å²) in [6.45, 7) is 9.00. The Hall–Kier alpha value is -1.74. The smallest absolute Gasteiger partial charge is 0.124 e. The highest BCUT2D eigenvalue weighted by atomic mass is 16.5. The molecule has 0 spiro atoms. The molecule has 0 aliphatic rings. The van der Waals surface area contributed by atoms with E-state index in [9.17, 15) is 0 Å². The molecule has 3 nitrogen and oxygen atoms in total. The van der Waals surface area contributed by atoms with Crippen LogP contribution in [0.3, 0.4) is 0 Å². The average Bonchev–Trinajstić information content (AvgIpc) is 2.81. The van der Waals surface area contributed by atoms with Crippen LogP contribution in [0.2, 0.25) is 0 Å². The van der Waals surface area contributed by atoms with Crippen LogP contribution in [0.5, 0.6) is 5.75 Å². The maximum absolute atomic E-state index is 5.86. The van der Waals surface area contributed by atoms with Gasteiger partial charge in [0.2, 0.25) is 0 Å². The van der Waals surface area contributed by atoms with Crippen LogP contribution in [0.15, 0.2) is 41.0 Å². The van der Waals surface area contributed by atoms with Gasteiger partial charge in [0, 0.05) is 11.6 Å². The minimum Gasteiger partial charge on any atom is -0.491 e. The molecule has 1 aromatic heterocycles. The summed E-state index contributed by atoms with van der Waals surface area (Å²) in [5, 5.41) is 3.48. The largest absolute Gasteiger partial charge is 0.491 e. The van der Waals surface area contributed by atoms with Gasteiger partial charge in [-0.05, 0) is 45.4 Å². The second kappa shape index (κ2) is 6.62. The number of rotatable bonds is 6. The number of aryl methyl sites for hydroxylation is 1. The number of hydrogen-bond acceptors (Lipinski definition) is 3. The first-order valence-electron chi connectivity index (χ1n) is 7.10. The van der Waals surface area contributed by atoms with Crippen molar-refractivity contribution in [3.63, 3.8) is 0 Å². The average molecular weight is 273 g/mol. The van der Waals surface area contributed by atoms with Crippen LogP contribution in [0, 0.1) is 6.92 Å². The summed E-state index contributed by atoms with van der Waals surface area (Å²) in [5.41, 5.74) is 2.35. The molecule has 1 aromatic carbocycles. The van der Waals surface area contributed by atoms with Gasteiger partial charge in [0.05, 0.1) is 18.9 Å². The molecule has 0 amide bonds. The van der Waals surface area contributed by atoms with Crippen molar-refractivity contribution in [1.82, 2.24) is 5.32 Å². The van der Waals surface area contributed by atoms with Crippen LogP contribution in [-0.2, 0) is 6.54 Å². The predicted octanol–water partition coefficient (Wildman–Crippen LogP) is 4.23. The van der Waals surface area contributed by atoms with Gasteiger partial charge in [-0.15, -0.1) is 0 Å². The Morgan fingerprint density at radius 2 is 1.90 bits per heavy atom. The number of ether oxygens (including phenoxy) is 1. The topological polar surface area (TPSA) is 34.4 Å². The molecule has 0 aliphatic carbocycles. The Labute approximate surface area is 121 Å². The zero-order chi connectivity index (χ0) is 14.5. The SMILES string of the molecule is Cc1ccoc1CNC(C)c1ccccc1OC(C)C. The van der Waals surface area contributed by atoms with Crippen LogP contribution >= 0.6 is 0 Å². The van der Waals surface area contributed by atoms with Crippen molar-refractivity contribution >= 4 is 0 Å². The molecule has 1 N–H and O–H groups in total. The lowest BCUT2D eigenvalue weighted by atomic mass is 10.1. The molecule has 0 saturated carbocycles. The highest BCUT2D eigenvalue weighted by molar-refractivity contribution is 5.35. The molecule has 1 atom stereocenters. The highest BCUT2D eigenvalue weighted by Crippen LogP contribution is 2.26. The van der Waals surface area contributed by atoms with Crippen LogP contribution in [0.25, 0.3) is 0 Å². The van der Waals surface area contributed by atoms with E-state index < -0.39 is 0 Å². The van der Waals surface area contributed by atoms with E-state index in [-0.39, 0.29) is 12.1 Å². The molecular weight excluding hydrogens is 250 g/mol. The molecule has 3 heteroatoms. The summed E-state index contributed by atoms with van der Waals surface area (Å²) in [4.78, 5) is 0. The summed E-state index contributed by atoms with van der Waals surface area (Å²) in [7, 11) is 0. The summed E-state index contributed by atoms with van der Waals surface area (Å²) in [6.07, 6.45) is 1.91. The summed E-state index contributed by atoms with van der Waals surface area (Å²) >= 11 is 0. The molecular formula is C17H23NO2. The quantitative estimate of drug-likeness (QED) is 0.855. The van der Waals surface area contributed by atoms with Gasteiger partial charge in [0.15, 0.2) is 0 Å². The van der Waals surface area contributed by atoms with E-state index in [1.807, 2.05) is 38.1 Å². The van der Waals surface area contributed by atoms with E-state index in [1.165, 1.54) is 11.1 Å². The summed E-state index contributed by atoms with van der Waals surface area (Å²) in [5.74, 6) is 1.93. The van der Waals surface area contributed by atoms with Gasteiger partial charge in [0.25, 0.3) is 0 Å². The molecule has 0 fully saturated rings. The molecule has 1 unspecified atom stereocenters. The van der Waals surface area contributed by atoms with E-state index in [2.05, 4.69) is 25.2 Å². The number of para-hydroxylation sites is 1. The van der Waals surface area contributed by atoms with Gasteiger partial charge >= 0.3 is 0 Å². The van der Waals surface area contributed by atoms with E-state index in [0.29, 0.717) is 0 Å². The van der Waals surface area contributed by atoms with Crippen molar-refractivity contribution < 1.29 is 9.15 Å². The Morgan fingerprint density at radius 3 is 2.55 bits per heavy atom. The van der Waals surface area contributed by atoms with Crippen molar-refractivity contribution in [2.24, 2.45) is 0 Å². The van der Waals surface area contributed by atoms with E-state index in [4.69, 9.17) is 9.15 Å². The first kappa shape index (κ1) is 14.7. The van der Waals surface area contributed by atoms with Gasteiger partial charge in [-0.1, -0.05) is 18.2 Å². The molecule has 0 saturated heterocycles. The summed E-state index contributed by atoms with van der Waals surface area (Å²) in [6, 6.07) is 10.4. The lowest BCUT2D eigenvalue weighted by molar-refractivity contribution is 0.238. The number of hydrogen-bond donors (Lipinski definition) is 1. The zero-order valence-electron chi connectivity index (χ0n) is 12.6. The fourth-order valence-electron chi connectivity index (χ4n) is 2.14. The van der Waals surface area contributed by atoms with Crippen molar-refractivity contribution in [3.8, 4) is 5.75 Å². The van der Waals surface area contributed by atoms with Crippen LogP contribution < -0.4 is 10.1 Å². The molecule has 108 valence electrons. The second-order valence-corrected chi connectivity index (χ2v) is 5.33. The van der Waals surface area contributed by atoms with Crippen LogP contribution in [0.1, 0.15) is 43.7 Å². The Bertz CT molecular complexity index is 545. The second-order valence-electron chi connectivity index (χ2n) is 5.33. The van der Waals surface area contributed by atoms with Gasteiger partial charge in [0.1, 0.15) is 11.5 Å². The Kier molecular flexibility index (Phi) is 4.85. The van der Waals surface area contributed by atoms with Gasteiger partial charge in [-0.2, -0.15) is 0 Å². The zero-order valence-corrected chi connectivity index (χ0v) is 12.6. The molecule has 1 heterocycles. The summed E-state index contributed by atoms with van der Waals surface area (Å²) < 4.78 is 11.3. The fraction of sp³-hybridized carbons (Fsp3) is 0.412. The van der Waals surface area contributed by atoms with Crippen molar-refractivity contribution in [1.29, 1.82) is 0 Å².